The van der Waals surface area contributed by atoms with Crippen LogP contribution in [0.15, 0.2) is 24.3 Å². The molecule has 0 atom stereocenters. The number of ketones is 1. The van der Waals surface area contributed by atoms with Gasteiger partial charge in [-0.05, 0) is 28.7 Å². The Morgan fingerprint density at radius 2 is 2.00 bits per heavy atom. The maximum Gasteiger partial charge on any atom is 0.160 e. The number of carbonyl (C=O) groups is 1. The topological polar surface area (TPSA) is 17.1 Å². The van der Waals surface area contributed by atoms with Gasteiger partial charge in [0, 0.05) is 6.42 Å². The molecule has 0 radical (unpaired) electrons. The van der Waals surface area contributed by atoms with E-state index in [2.05, 4.69) is 32.0 Å². The Hall–Kier alpha value is -1.37. The van der Waals surface area contributed by atoms with E-state index in [1.165, 1.54) is 16.7 Å². The van der Waals surface area contributed by atoms with Crippen LogP contribution < -0.4 is 0 Å². The van der Waals surface area contributed by atoms with Crippen LogP contribution in [0.4, 0.5) is 0 Å². The predicted molar refractivity (Wildman–Crippen MR) is 58.3 cm³/mol. The molecular weight excluding hydrogens is 172 g/mol. The SMILES string of the molecule is CC(C)c1cccc2c1CC(=O)C=C2. The van der Waals surface area contributed by atoms with Crippen LogP contribution in [0.1, 0.15) is 36.5 Å². The monoisotopic (exact) mass is 186 g/mol. The third kappa shape index (κ3) is 1.50. The zero-order valence-corrected chi connectivity index (χ0v) is 8.58. The molecule has 1 nitrogen and oxygen atoms in total. The van der Waals surface area contributed by atoms with E-state index < -0.39 is 0 Å². The van der Waals surface area contributed by atoms with E-state index in [1.54, 1.807) is 6.08 Å². The standard InChI is InChI=1S/C13H14O/c1-9(2)12-5-3-4-10-6-7-11(14)8-13(10)12/h3-7,9H,8H2,1-2H3. The number of allylic oxidation sites excluding steroid dienone is 1. The lowest BCUT2D eigenvalue weighted by Crippen LogP contribution is -2.09. The van der Waals surface area contributed by atoms with Crippen LogP contribution in [0, 0.1) is 0 Å². The molecule has 72 valence electrons. The maximum atomic E-state index is 11.3. The molecule has 1 aromatic carbocycles. The molecule has 0 saturated heterocycles. The van der Waals surface area contributed by atoms with E-state index in [1.807, 2.05) is 6.08 Å². The molecule has 0 heterocycles. The largest absolute Gasteiger partial charge is 0.294 e. The summed E-state index contributed by atoms with van der Waals surface area (Å²) in [7, 11) is 0. The second kappa shape index (κ2) is 3.41. The van der Waals surface area contributed by atoms with Crippen LogP contribution >= 0.6 is 0 Å². The highest BCUT2D eigenvalue weighted by Gasteiger charge is 2.15. The number of rotatable bonds is 1. The fraction of sp³-hybridized carbons (Fsp3) is 0.308. The van der Waals surface area contributed by atoms with Crippen molar-refractivity contribution >= 4 is 11.9 Å². The fourth-order valence-electron chi connectivity index (χ4n) is 1.94. The van der Waals surface area contributed by atoms with Crippen molar-refractivity contribution in [3.05, 3.63) is 41.0 Å². The average Bonchev–Trinajstić information content (AvgIpc) is 2.16. The maximum absolute atomic E-state index is 11.3. The van der Waals surface area contributed by atoms with Gasteiger partial charge in [0.1, 0.15) is 0 Å². The first-order valence-electron chi connectivity index (χ1n) is 5.01. The van der Waals surface area contributed by atoms with Crippen molar-refractivity contribution in [2.24, 2.45) is 0 Å². The Bertz CT molecular complexity index is 400. The van der Waals surface area contributed by atoms with Crippen molar-refractivity contribution in [2.45, 2.75) is 26.2 Å². The van der Waals surface area contributed by atoms with E-state index in [9.17, 15) is 4.79 Å². The molecule has 2 rings (SSSR count). The summed E-state index contributed by atoms with van der Waals surface area (Å²) < 4.78 is 0. The summed E-state index contributed by atoms with van der Waals surface area (Å²) >= 11 is 0. The van der Waals surface area contributed by atoms with Gasteiger partial charge < -0.3 is 0 Å². The summed E-state index contributed by atoms with van der Waals surface area (Å²) in [5.74, 6) is 0.704. The number of benzene rings is 1. The summed E-state index contributed by atoms with van der Waals surface area (Å²) in [5, 5.41) is 0. The molecule has 1 aliphatic rings. The summed E-state index contributed by atoms with van der Waals surface area (Å²) in [6.07, 6.45) is 4.17. The van der Waals surface area contributed by atoms with Crippen LogP contribution in [0.25, 0.3) is 6.08 Å². The zero-order chi connectivity index (χ0) is 10.1. The summed E-state index contributed by atoms with van der Waals surface area (Å²) in [6, 6.07) is 6.26. The lowest BCUT2D eigenvalue weighted by atomic mass is 9.87. The molecule has 14 heavy (non-hydrogen) atoms. The molecule has 0 unspecified atom stereocenters. The summed E-state index contributed by atoms with van der Waals surface area (Å²) in [5.41, 5.74) is 3.73. The van der Waals surface area contributed by atoms with Crippen molar-refractivity contribution < 1.29 is 4.79 Å². The predicted octanol–water partition coefficient (Wildman–Crippen LogP) is 2.95. The van der Waals surface area contributed by atoms with Crippen LogP contribution in [0.3, 0.4) is 0 Å². The Morgan fingerprint density at radius 1 is 1.21 bits per heavy atom. The smallest absolute Gasteiger partial charge is 0.160 e. The van der Waals surface area contributed by atoms with Gasteiger partial charge in [-0.15, -0.1) is 0 Å². The van der Waals surface area contributed by atoms with Gasteiger partial charge >= 0.3 is 0 Å². The van der Waals surface area contributed by atoms with Gasteiger partial charge in [-0.1, -0.05) is 38.1 Å². The second-order valence-electron chi connectivity index (χ2n) is 4.05. The third-order valence-electron chi connectivity index (χ3n) is 2.67. The first-order valence-corrected chi connectivity index (χ1v) is 5.01. The van der Waals surface area contributed by atoms with Crippen LogP contribution in [0.2, 0.25) is 0 Å². The normalized spacial score (nSPS) is 14.6. The Morgan fingerprint density at radius 3 is 2.71 bits per heavy atom. The molecule has 0 bridgehead atoms. The molecule has 0 N–H and O–H groups in total. The minimum atomic E-state index is 0.214. The second-order valence-corrected chi connectivity index (χ2v) is 4.05. The first-order chi connectivity index (χ1) is 6.68. The molecule has 0 aromatic heterocycles. The lowest BCUT2D eigenvalue weighted by molar-refractivity contribution is -0.114. The quantitative estimate of drug-likeness (QED) is 0.659. The van der Waals surface area contributed by atoms with Gasteiger partial charge in [-0.3, -0.25) is 4.79 Å². The van der Waals surface area contributed by atoms with E-state index in [-0.39, 0.29) is 5.78 Å². The van der Waals surface area contributed by atoms with Crippen molar-refractivity contribution in [1.82, 2.24) is 0 Å². The first kappa shape index (κ1) is 9.20. The third-order valence-corrected chi connectivity index (χ3v) is 2.67. The van der Waals surface area contributed by atoms with Gasteiger partial charge in [0.05, 0.1) is 0 Å². The van der Waals surface area contributed by atoms with Gasteiger partial charge in [0.15, 0.2) is 5.78 Å². The minimum Gasteiger partial charge on any atom is -0.294 e. The highest BCUT2D eigenvalue weighted by molar-refractivity contribution is 5.98. The van der Waals surface area contributed by atoms with Crippen molar-refractivity contribution in [2.75, 3.05) is 0 Å². The number of carbonyl (C=O) groups excluding carboxylic acids is 1. The van der Waals surface area contributed by atoms with Crippen LogP contribution in [0.5, 0.6) is 0 Å². The van der Waals surface area contributed by atoms with Gasteiger partial charge in [0.25, 0.3) is 0 Å². The fourth-order valence-corrected chi connectivity index (χ4v) is 1.94. The molecule has 0 fully saturated rings. The Kier molecular flexibility index (Phi) is 2.24. The Balaban J connectivity index is 2.56. The van der Waals surface area contributed by atoms with Crippen molar-refractivity contribution in [1.29, 1.82) is 0 Å². The van der Waals surface area contributed by atoms with E-state index in [0.717, 1.165) is 0 Å². The molecule has 1 aromatic rings. The summed E-state index contributed by atoms with van der Waals surface area (Å²) in [4.78, 5) is 11.3. The molecule has 0 aliphatic heterocycles. The molecule has 0 amide bonds. The average molecular weight is 186 g/mol. The van der Waals surface area contributed by atoms with Gasteiger partial charge in [0.2, 0.25) is 0 Å². The highest BCUT2D eigenvalue weighted by Crippen LogP contribution is 2.26. The molecule has 1 heteroatoms. The molecule has 0 spiro atoms. The number of fused-ring (bicyclic) bond motifs is 1. The lowest BCUT2D eigenvalue weighted by Gasteiger charge is -2.16. The number of hydrogen-bond acceptors (Lipinski definition) is 1. The van der Waals surface area contributed by atoms with Crippen molar-refractivity contribution in [3.8, 4) is 0 Å². The van der Waals surface area contributed by atoms with Crippen LogP contribution in [-0.2, 0) is 11.2 Å². The molecular formula is C13H14O. The summed E-state index contributed by atoms with van der Waals surface area (Å²) in [6.45, 7) is 4.33. The zero-order valence-electron chi connectivity index (χ0n) is 8.58. The molecule has 1 aliphatic carbocycles. The van der Waals surface area contributed by atoms with Gasteiger partial charge in [-0.25, -0.2) is 0 Å². The highest BCUT2D eigenvalue weighted by atomic mass is 16.1. The molecule has 0 saturated carbocycles. The van der Waals surface area contributed by atoms with E-state index >= 15 is 0 Å². The number of hydrogen-bond donors (Lipinski definition) is 0. The van der Waals surface area contributed by atoms with Gasteiger partial charge in [-0.2, -0.15) is 0 Å². The van der Waals surface area contributed by atoms with Crippen molar-refractivity contribution in [3.63, 3.8) is 0 Å². The van der Waals surface area contributed by atoms with E-state index in [4.69, 9.17) is 0 Å². The minimum absolute atomic E-state index is 0.214. The van der Waals surface area contributed by atoms with Crippen LogP contribution in [-0.4, -0.2) is 5.78 Å². The Labute approximate surface area is 84.5 Å². The van der Waals surface area contributed by atoms with E-state index in [0.29, 0.717) is 12.3 Å².